The summed E-state index contributed by atoms with van der Waals surface area (Å²) in [5.41, 5.74) is 0. The molecule has 16 nitrogen and oxygen atoms in total. The van der Waals surface area contributed by atoms with Crippen molar-refractivity contribution in [2.75, 3.05) is 0 Å². The van der Waals surface area contributed by atoms with Crippen molar-refractivity contribution in [3.63, 3.8) is 0 Å². The van der Waals surface area contributed by atoms with E-state index in [9.17, 15) is 38.4 Å². The zero-order valence-corrected chi connectivity index (χ0v) is 22.2. The van der Waals surface area contributed by atoms with Crippen LogP contribution >= 0.6 is 0 Å². The fourth-order valence-corrected chi connectivity index (χ4v) is 2.21. The Morgan fingerprint density at radius 1 is 0.225 bits per heavy atom. The first-order chi connectivity index (χ1) is 18.5. The molecule has 232 valence electrons. The van der Waals surface area contributed by atoms with Gasteiger partial charge < -0.3 is 40.9 Å². The maximum Gasteiger partial charge on any atom is 0.303 e. The molecule has 0 spiro atoms. The summed E-state index contributed by atoms with van der Waals surface area (Å²) in [5.74, 6) is -6.96. The molecule has 0 rings (SSSR count). The van der Waals surface area contributed by atoms with Crippen molar-refractivity contribution in [1.29, 1.82) is 0 Å². The molecule has 16 heteroatoms. The summed E-state index contributed by atoms with van der Waals surface area (Å²) in [7, 11) is 0. The molecule has 0 aromatic carbocycles. The lowest BCUT2D eigenvalue weighted by atomic mass is 10.2. The minimum absolute atomic E-state index is 0.0628. The van der Waals surface area contributed by atoms with Gasteiger partial charge in [0.2, 0.25) is 0 Å². The van der Waals surface area contributed by atoms with Gasteiger partial charge in [0.05, 0.1) is 0 Å². The minimum Gasteiger partial charge on any atom is -0.481 e. The van der Waals surface area contributed by atoms with E-state index in [1.807, 2.05) is 0 Å². The van der Waals surface area contributed by atoms with Crippen molar-refractivity contribution in [2.24, 2.45) is 0 Å². The van der Waals surface area contributed by atoms with Gasteiger partial charge in [0.25, 0.3) is 0 Å². The van der Waals surface area contributed by atoms with E-state index in [1.54, 1.807) is 0 Å². The van der Waals surface area contributed by atoms with E-state index in [4.69, 9.17) is 40.9 Å². The largest absolute Gasteiger partial charge is 0.481 e. The van der Waals surface area contributed by atoms with Crippen LogP contribution in [-0.4, -0.2) is 88.6 Å². The number of unbranched alkanes of at least 4 members (excludes halogenated alkanes) is 4. The zero-order chi connectivity index (χ0) is 31.9. The van der Waals surface area contributed by atoms with E-state index in [0.29, 0.717) is 51.4 Å². The first-order valence-electron chi connectivity index (χ1n) is 12.3. The van der Waals surface area contributed by atoms with Crippen LogP contribution in [0.25, 0.3) is 0 Å². The predicted molar refractivity (Wildman–Crippen MR) is 135 cm³/mol. The molecular weight excluding hydrogens is 544 g/mol. The van der Waals surface area contributed by atoms with E-state index >= 15 is 0 Å². The van der Waals surface area contributed by atoms with Crippen LogP contribution in [0.1, 0.15) is 103 Å². The topological polar surface area (TPSA) is 298 Å². The molecular formula is C24H40O16. The predicted octanol–water partition coefficient (Wildman–Crippen LogP) is 2.86. The zero-order valence-electron chi connectivity index (χ0n) is 22.2. The molecule has 0 amide bonds. The van der Waals surface area contributed by atoms with Gasteiger partial charge in [0.1, 0.15) is 0 Å². The lowest BCUT2D eigenvalue weighted by molar-refractivity contribution is -0.139. The average molecular weight is 585 g/mol. The first kappa shape index (κ1) is 42.8. The van der Waals surface area contributed by atoms with Crippen LogP contribution in [-0.2, 0) is 38.4 Å². The number of carbonyl (C=O) groups is 8. The fourth-order valence-electron chi connectivity index (χ4n) is 2.21. The second-order valence-corrected chi connectivity index (χ2v) is 7.98. The second-order valence-electron chi connectivity index (χ2n) is 7.98. The van der Waals surface area contributed by atoms with Crippen LogP contribution in [0.5, 0.6) is 0 Å². The molecule has 0 aromatic rings. The van der Waals surface area contributed by atoms with Crippen LogP contribution in [0, 0.1) is 0 Å². The maximum atomic E-state index is 9.90. The highest BCUT2D eigenvalue weighted by atomic mass is 16.4. The Kier molecular flexibility index (Phi) is 33.2. The third kappa shape index (κ3) is 64.2. The van der Waals surface area contributed by atoms with Gasteiger partial charge in [0, 0.05) is 51.4 Å². The molecule has 0 fully saturated rings. The monoisotopic (exact) mass is 584 g/mol. The molecule has 0 aliphatic heterocycles. The molecule has 0 atom stereocenters. The van der Waals surface area contributed by atoms with Crippen molar-refractivity contribution in [2.45, 2.75) is 103 Å². The summed E-state index contributed by atoms with van der Waals surface area (Å²) in [6.45, 7) is 0. The third-order valence-corrected chi connectivity index (χ3v) is 4.13. The van der Waals surface area contributed by atoms with E-state index < -0.39 is 47.8 Å². The Morgan fingerprint density at radius 3 is 0.350 bits per heavy atom. The number of carboxylic acids is 8. The lowest BCUT2D eigenvalue weighted by Gasteiger charge is -1.92. The molecule has 0 heterocycles. The number of carboxylic acid groups (broad SMARTS) is 8. The van der Waals surface area contributed by atoms with Crippen LogP contribution in [0.4, 0.5) is 0 Å². The highest BCUT2D eigenvalue weighted by Gasteiger charge is 2.01. The normalized spacial score (nSPS) is 9.20. The molecule has 0 radical (unpaired) electrons. The Morgan fingerprint density at radius 2 is 0.300 bits per heavy atom. The van der Waals surface area contributed by atoms with Crippen LogP contribution in [0.2, 0.25) is 0 Å². The molecule has 8 N–H and O–H groups in total. The highest BCUT2D eigenvalue weighted by molar-refractivity contribution is 5.69. The SMILES string of the molecule is O=C(O)CCCCC(=O)O.O=C(O)CCCCC(=O)O.O=C(O)CCCCC(=O)O.O=C(O)CCCCC(=O)O. The van der Waals surface area contributed by atoms with Crippen LogP contribution in [0.15, 0.2) is 0 Å². The van der Waals surface area contributed by atoms with Crippen molar-refractivity contribution in [3.8, 4) is 0 Å². The molecule has 0 aromatic heterocycles. The lowest BCUT2D eigenvalue weighted by Crippen LogP contribution is -1.97. The Bertz CT molecular complexity index is 583. The average Bonchev–Trinajstić information content (AvgIpc) is 2.80. The Balaban J connectivity index is -0.000000216. The number of hydrogen-bond acceptors (Lipinski definition) is 8. The second kappa shape index (κ2) is 31.0. The molecule has 0 saturated carbocycles. The van der Waals surface area contributed by atoms with E-state index in [1.165, 1.54) is 0 Å². The van der Waals surface area contributed by atoms with E-state index in [0.717, 1.165) is 0 Å². The van der Waals surface area contributed by atoms with Gasteiger partial charge in [-0.05, 0) is 51.4 Å². The molecule has 0 unspecified atom stereocenters. The Labute approximate surface area is 230 Å². The molecule has 40 heavy (non-hydrogen) atoms. The molecule has 0 saturated heterocycles. The van der Waals surface area contributed by atoms with Gasteiger partial charge in [-0.15, -0.1) is 0 Å². The molecule has 0 aliphatic carbocycles. The molecule has 0 aliphatic rings. The quantitative estimate of drug-likeness (QED) is 0.0953. The van der Waals surface area contributed by atoms with Gasteiger partial charge in [-0.25, -0.2) is 0 Å². The van der Waals surface area contributed by atoms with Gasteiger partial charge in [-0.3, -0.25) is 38.4 Å². The fraction of sp³-hybridized carbons (Fsp3) is 0.667. The molecule has 0 bridgehead atoms. The summed E-state index contributed by atoms with van der Waals surface area (Å²) in [6, 6.07) is 0. The van der Waals surface area contributed by atoms with Crippen LogP contribution in [0.3, 0.4) is 0 Å². The third-order valence-electron chi connectivity index (χ3n) is 4.13. The summed E-state index contributed by atoms with van der Waals surface area (Å²) < 4.78 is 0. The van der Waals surface area contributed by atoms with Gasteiger partial charge in [0.15, 0.2) is 0 Å². The standard InChI is InChI=1S/4C6H10O4/c4*7-5(8)3-1-2-4-6(9)10/h4*1-4H2,(H,7,8)(H,9,10). The highest BCUT2D eigenvalue weighted by Crippen LogP contribution is 2.00. The summed E-state index contributed by atoms with van der Waals surface area (Å²) in [4.78, 5) is 79.2. The van der Waals surface area contributed by atoms with E-state index in [2.05, 4.69) is 0 Å². The van der Waals surface area contributed by atoms with Crippen molar-refractivity contribution in [1.82, 2.24) is 0 Å². The summed E-state index contributed by atoms with van der Waals surface area (Å²) in [5, 5.41) is 65.1. The Hall–Kier alpha value is -4.24. The van der Waals surface area contributed by atoms with Gasteiger partial charge in [-0.1, -0.05) is 0 Å². The van der Waals surface area contributed by atoms with Crippen molar-refractivity contribution >= 4 is 47.8 Å². The van der Waals surface area contributed by atoms with Crippen molar-refractivity contribution < 1.29 is 79.2 Å². The van der Waals surface area contributed by atoms with E-state index in [-0.39, 0.29) is 51.4 Å². The summed E-state index contributed by atoms with van der Waals surface area (Å²) in [6.07, 6.45) is 4.07. The minimum atomic E-state index is -0.870. The first-order valence-corrected chi connectivity index (χ1v) is 12.3. The van der Waals surface area contributed by atoms with Gasteiger partial charge in [-0.2, -0.15) is 0 Å². The van der Waals surface area contributed by atoms with Gasteiger partial charge >= 0.3 is 47.8 Å². The smallest absolute Gasteiger partial charge is 0.303 e. The van der Waals surface area contributed by atoms with Crippen molar-refractivity contribution in [3.05, 3.63) is 0 Å². The van der Waals surface area contributed by atoms with Crippen LogP contribution < -0.4 is 0 Å². The number of aliphatic carboxylic acids is 8. The maximum absolute atomic E-state index is 9.90. The number of hydrogen-bond donors (Lipinski definition) is 8. The number of rotatable bonds is 20. The summed E-state index contributed by atoms with van der Waals surface area (Å²) >= 11 is 0.